The summed E-state index contributed by atoms with van der Waals surface area (Å²) >= 11 is 7.86. The van der Waals surface area contributed by atoms with Gasteiger partial charge in [0.05, 0.1) is 19.7 Å². The molecule has 0 radical (unpaired) electrons. The van der Waals surface area contributed by atoms with Crippen molar-refractivity contribution >= 4 is 46.1 Å². The van der Waals surface area contributed by atoms with Gasteiger partial charge in [0.2, 0.25) is 0 Å². The lowest BCUT2D eigenvalue weighted by Gasteiger charge is -2.10. The second-order valence-electron chi connectivity index (χ2n) is 6.44. The molecule has 1 heterocycles. The van der Waals surface area contributed by atoms with Gasteiger partial charge < -0.3 is 19.5 Å². The van der Waals surface area contributed by atoms with E-state index in [1.807, 2.05) is 30.5 Å². The zero-order valence-electron chi connectivity index (χ0n) is 17.2. The van der Waals surface area contributed by atoms with Gasteiger partial charge in [-0.2, -0.15) is 0 Å². The van der Waals surface area contributed by atoms with Gasteiger partial charge in [-0.1, -0.05) is 17.7 Å². The molecule has 3 rings (SSSR count). The fraction of sp³-hybridized carbons (Fsp3) is 0.227. The van der Waals surface area contributed by atoms with Crippen molar-refractivity contribution in [2.75, 3.05) is 27.0 Å². The Balaban J connectivity index is 1.59. The van der Waals surface area contributed by atoms with E-state index >= 15 is 0 Å². The Kier molecular flexibility index (Phi) is 7.59. The first-order valence-electron chi connectivity index (χ1n) is 9.23. The van der Waals surface area contributed by atoms with Crippen molar-refractivity contribution in [3.63, 3.8) is 0 Å². The Morgan fingerprint density at radius 3 is 2.42 bits per heavy atom. The Labute approximate surface area is 189 Å². The molecule has 31 heavy (non-hydrogen) atoms. The van der Waals surface area contributed by atoms with Crippen LogP contribution in [0.4, 0.5) is 0 Å². The fourth-order valence-corrected chi connectivity index (χ4v) is 3.43. The standard InChI is InChI=1S/C22H21ClN2O5S/c1-28-16-7-14(8-17(9-16)29-2)22(27)24-11-20(26)30-12-15-6-13-4-5-18(31-3)10-19(13)25-21(15)23/h4-10H,11-12H2,1-3H3,(H,24,27). The predicted molar refractivity (Wildman–Crippen MR) is 120 cm³/mol. The number of carbonyl (C=O) groups is 2. The van der Waals surface area contributed by atoms with Crippen LogP contribution in [0.5, 0.6) is 11.5 Å². The summed E-state index contributed by atoms with van der Waals surface area (Å²) in [5.74, 6) is -0.119. The molecule has 0 aliphatic heterocycles. The van der Waals surface area contributed by atoms with E-state index < -0.39 is 11.9 Å². The van der Waals surface area contributed by atoms with E-state index in [1.165, 1.54) is 14.2 Å². The van der Waals surface area contributed by atoms with Crippen LogP contribution in [0.15, 0.2) is 47.4 Å². The van der Waals surface area contributed by atoms with E-state index in [9.17, 15) is 9.59 Å². The molecule has 0 saturated carbocycles. The number of nitrogens with one attached hydrogen (secondary N) is 1. The summed E-state index contributed by atoms with van der Waals surface area (Å²) in [6.07, 6.45) is 1.99. The van der Waals surface area contributed by atoms with Crippen LogP contribution in [0.1, 0.15) is 15.9 Å². The third-order valence-electron chi connectivity index (χ3n) is 4.45. The minimum absolute atomic E-state index is 0.0479. The van der Waals surface area contributed by atoms with E-state index in [4.69, 9.17) is 25.8 Å². The molecule has 162 valence electrons. The molecule has 0 aliphatic carbocycles. The number of thioether (sulfide) groups is 1. The highest BCUT2D eigenvalue weighted by molar-refractivity contribution is 7.98. The van der Waals surface area contributed by atoms with E-state index in [2.05, 4.69) is 10.3 Å². The summed E-state index contributed by atoms with van der Waals surface area (Å²) in [7, 11) is 2.98. The smallest absolute Gasteiger partial charge is 0.325 e. The van der Waals surface area contributed by atoms with Crippen LogP contribution in [0, 0.1) is 0 Å². The number of hydrogen-bond acceptors (Lipinski definition) is 7. The highest BCUT2D eigenvalue weighted by atomic mass is 35.5. The quantitative estimate of drug-likeness (QED) is 0.307. The van der Waals surface area contributed by atoms with Crippen molar-refractivity contribution in [2.45, 2.75) is 11.5 Å². The number of ether oxygens (including phenoxy) is 3. The molecule has 0 aliphatic rings. The number of amides is 1. The predicted octanol–water partition coefficient (Wildman–Crippen LogP) is 4.10. The lowest BCUT2D eigenvalue weighted by Crippen LogP contribution is -2.30. The first kappa shape index (κ1) is 22.7. The molecule has 0 bridgehead atoms. The molecule has 1 N–H and O–H groups in total. The second-order valence-corrected chi connectivity index (χ2v) is 7.68. The Bertz CT molecular complexity index is 1100. The van der Waals surface area contributed by atoms with Crippen molar-refractivity contribution in [1.29, 1.82) is 0 Å². The number of pyridine rings is 1. The number of esters is 1. The fourth-order valence-electron chi connectivity index (χ4n) is 2.80. The third-order valence-corrected chi connectivity index (χ3v) is 5.50. The van der Waals surface area contributed by atoms with E-state index in [1.54, 1.807) is 30.0 Å². The summed E-state index contributed by atoms with van der Waals surface area (Å²) in [4.78, 5) is 29.9. The van der Waals surface area contributed by atoms with Crippen molar-refractivity contribution in [3.05, 3.63) is 58.7 Å². The Hall–Kier alpha value is -2.97. The second kappa shape index (κ2) is 10.4. The summed E-state index contributed by atoms with van der Waals surface area (Å²) in [6.45, 7) is -0.345. The first-order chi connectivity index (χ1) is 14.9. The van der Waals surface area contributed by atoms with Crippen molar-refractivity contribution < 1.29 is 23.8 Å². The maximum absolute atomic E-state index is 12.3. The zero-order valence-corrected chi connectivity index (χ0v) is 18.8. The Morgan fingerprint density at radius 2 is 1.77 bits per heavy atom. The van der Waals surface area contributed by atoms with Crippen LogP contribution >= 0.6 is 23.4 Å². The van der Waals surface area contributed by atoms with Crippen molar-refractivity contribution in [2.24, 2.45) is 0 Å². The van der Waals surface area contributed by atoms with Crippen LogP contribution < -0.4 is 14.8 Å². The lowest BCUT2D eigenvalue weighted by molar-refractivity contribution is -0.143. The molecule has 0 unspecified atom stereocenters. The molecular formula is C22H21ClN2O5S. The largest absolute Gasteiger partial charge is 0.497 e. The van der Waals surface area contributed by atoms with Crippen molar-refractivity contribution in [1.82, 2.24) is 10.3 Å². The highest BCUT2D eigenvalue weighted by Gasteiger charge is 2.13. The van der Waals surface area contributed by atoms with Crippen LogP contribution in [0.25, 0.3) is 10.9 Å². The number of nitrogens with zero attached hydrogens (tertiary/aromatic N) is 1. The van der Waals surface area contributed by atoms with Crippen molar-refractivity contribution in [3.8, 4) is 11.5 Å². The summed E-state index contributed by atoms with van der Waals surface area (Å²) in [5, 5.41) is 3.69. The van der Waals surface area contributed by atoms with Gasteiger partial charge in [-0.15, -0.1) is 11.8 Å². The average molecular weight is 461 g/mol. The number of carbonyl (C=O) groups excluding carboxylic acids is 2. The molecule has 0 atom stereocenters. The number of halogens is 1. The number of methoxy groups -OCH3 is 2. The topological polar surface area (TPSA) is 86.8 Å². The molecule has 9 heteroatoms. The lowest BCUT2D eigenvalue weighted by atomic mass is 10.1. The molecule has 2 aromatic carbocycles. The highest BCUT2D eigenvalue weighted by Crippen LogP contribution is 2.25. The van der Waals surface area contributed by atoms with E-state index in [-0.39, 0.29) is 18.3 Å². The summed E-state index contributed by atoms with van der Waals surface area (Å²) in [6, 6.07) is 12.5. The Morgan fingerprint density at radius 1 is 1.06 bits per heavy atom. The van der Waals surface area contributed by atoms with Crippen LogP contribution in [-0.4, -0.2) is 43.9 Å². The summed E-state index contributed by atoms with van der Waals surface area (Å²) in [5.41, 5.74) is 1.66. The molecule has 7 nitrogen and oxygen atoms in total. The minimum atomic E-state index is -0.600. The van der Waals surface area contributed by atoms with Crippen LogP contribution in [0.2, 0.25) is 5.15 Å². The van der Waals surface area contributed by atoms with Gasteiger partial charge in [0.25, 0.3) is 5.91 Å². The summed E-state index contributed by atoms with van der Waals surface area (Å²) < 4.78 is 15.5. The number of fused-ring (bicyclic) bond motifs is 1. The molecule has 1 aromatic heterocycles. The molecule has 0 fully saturated rings. The monoisotopic (exact) mass is 460 g/mol. The average Bonchev–Trinajstić information content (AvgIpc) is 2.80. The van der Waals surface area contributed by atoms with Gasteiger partial charge in [0.15, 0.2) is 0 Å². The van der Waals surface area contributed by atoms with Gasteiger partial charge in [0.1, 0.15) is 29.8 Å². The number of aromatic nitrogens is 1. The molecule has 3 aromatic rings. The molecule has 0 saturated heterocycles. The van der Waals surface area contributed by atoms with Gasteiger partial charge in [-0.25, -0.2) is 4.98 Å². The number of benzene rings is 2. The third kappa shape index (κ3) is 5.80. The van der Waals surface area contributed by atoms with Crippen LogP contribution in [-0.2, 0) is 16.1 Å². The van der Waals surface area contributed by atoms with Gasteiger partial charge in [-0.05, 0) is 36.6 Å². The normalized spacial score (nSPS) is 10.6. The van der Waals surface area contributed by atoms with E-state index in [0.29, 0.717) is 22.6 Å². The zero-order chi connectivity index (χ0) is 22.4. The van der Waals surface area contributed by atoms with Gasteiger partial charge in [-0.3, -0.25) is 9.59 Å². The molecule has 1 amide bonds. The first-order valence-corrected chi connectivity index (χ1v) is 10.8. The van der Waals surface area contributed by atoms with Crippen LogP contribution in [0.3, 0.4) is 0 Å². The van der Waals surface area contributed by atoms with E-state index in [0.717, 1.165) is 15.8 Å². The SMILES string of the molecule is COc1cc(OC)cc(C(=O)NCC(=O)OCc2cc3ccc(SC)cc3nc2Cl)c1. The molecule has 0 spiro atoms. The maximum Gasteiger partial charge on any atom is 0.325 e. The minimum Gasteiger partial charge on any atom is -0.497 e. The van der Waals surface area contributed by atoms with Gasteiger partial charge >= 0.3 is 5.97 Å². The number of hydrogen-bond donors (Lipinski definition) is 1. The number of rotatable bonds is 8. The van der Waals surface area contributed by atoms with Gasteiger partial charge in [0, 0.05) is 27.5 Å². The molecular weight excluding hydrogens is 440 g/mol. The maximum atomic E-state index is 12.3.